The number of aromatic nitrogens is 2. The summed E-state index contributed by atoms with van der Waals surface area (Å²) in [7, 11) is -3.38. The molecule has 8 nitrogen and oxygen atoms in total. The predicted molar refractivity (Wildman–Crippen MR) is 136 cm³/mol. The summed E-state index contributed by atoms with van der Waals surface area (Å²) in [5.74, 6) is -0.416. The fourth-order valence-corrected chi connectivity index (χ4v) is 7.86. The number of hydrogen-bond donors (Lipinski definition) is 1. The summed E-state index contributed by atoms with van der Waals surface area (Å²) in [5, 5.41) is 4.29. The maximum absolute atomic E-state index is 14.8. The van der Waals surface area contributed by atoms with Crippen molar-refractivity contribution in [2.45, 2.75) is 23.5 Å². The second-order valence-corrected chi connectivity index (χ2v) is 12.7. The normalized spacial score (nSPS) is 22.3. The maximum Gasteiger partial charge on any atom is 0.350 e. The van der Waals surface area contributed by atoms with Gasteiger partial charge in [-0.15, -0.1) is 11.8 Å². The van der Waals surface area contributed by atoms with E-state index >= 15 is 0 Å². The monoisotopic (exact) mass is 553 g/mol. The van der Waals surface area contributed by atoms with Crippen LogP contribution in [0.3, 0.4) is 0 Å². The van der Waals surface area contributed by atoms with Crippen LogP contribution < -0.4 is 15.9 Å². The van der Waals surface area contributed by atoms with Crippen molar-refractivity contribution in [1.29, 1.82) is 0 Å². The van der Waals surface area contributed by atoms with Gasteiger partial charge in [0.15, 0.2) is 0 Å². The van der Waals surface area contributed by atoms with E-state index in [1.165, 1.54) is 34.5 Å². The Morgan fingerprint density at radius 1 is 1.19 bits per heavy atom. The van der Waals surface area contributed by atoms with Crippen molar-refractivity contribution >= 4 is 50.1 Å². The third-order valence-corrected chi connectivity index (χ3v) is 9.68. The highest BCUT2D eigenvalue weighted by atomic mass is 35.5. The number of piperazine rings is 1. The minimum atomic E-state index is -3.38. The highest BCUT2D eigenvalue weighted by Crippen LogP contribution is 2.46. The number of benzene rings is 2. The largest absolute Gasteiger partial charge is 0.350 e. The molecular formula is C23H22ClF2N5O3S2. The van der Waals surface area contributed by atoms with Gasteiger partial charge in [-0.1, -0.05) is 11.6 Å². The molecule has 6 rings (SSSR count). The molecule has 0 spiro atoms. The van der Waals surface area contributed by atoms with Crippen LogP contribution >= 0.6 is 23.4 Å². The molecule has 3 aliphatic heterocycles. The van der Waals surface area contributed by atoms with Crippen LogP contribution in [-0.2, 0) is 16.6 Å². The van der Waals surface area contributed by atoms with E-state index in [0.29, 0.717) is 59.1 Å². The Morgan fingerprint density at radius 2 is 2.00 bits per heavy atom. The van der Waals surface area contributed by atoms with E-state index in [2.05, 4.69) is 10.3 Å². The molecule has 2 fully saturated rings. The summed E-state index contributed by atoms with van der Waals surface area (Å²) >= 11 is 8.21. The number of aryl methyl sites for hydroxylation is 1. The average molecular weight is 554 g/mol. The Morgan fingerprint density at radius 3 is 2.75 bits per heavy atom. The SMILES string of the molecule is CS(=O)(=O)N1C[C@@H]2NCCN(c3nc(=O)n4c5c(c(-c6ccc(F)cc6F)c(Cl)cc35)SCC4)[C@@H]2C1. The fraction of sp³-hybridized carbons (Fsp3) is 0.391. The van der Waals surface area contributed by atoms with Gasteiger partial charge in [-0.3, -0.25) is 4.57 Å². The third kappa shape index (κ3) is 3.81. The molecule has 0 amide bonds. The van der Waals surface area contributed by atoms with Crippen LogP contribution in [0.2, 0.25) is 5.02 Å². The Balaban J connectivity index is 1.56. The van der Waals surface area contributed by atoms with E-state index in [-0.39, 0.29) is 29.2 Å². The summed E-state index contributed by atoms with van der Waals surface area (Å²) in [6.07, 6.45) is 1.19. The number of nitrogens with one attached hydrogen (secondary N) is 1. The Hall–Kier alpha value is -2.25. The zero-order chi connectivity index (χ0) is 25.4. The van der Waals surface area contributed by atoms with E-state index in [1.807, 2.05) is 4.90 Å². The van der Waals surface area contributed by atoms with Crippen LogP contribution in [0.5, 0.6) is 0 Å². The lowest BCUT2D eigenvalue weighted by Gasteiger charge is -2.39. The van der Waals surface area contributed by atoms with Crippen molar-refractivity contribution in [1.82, 2.24) is 19.2 Å². The van der Waals surface area contributed by atoms with Gasteiger partial charge in [-0.2, -0.15) is 9.29 Å². The van der Waals surface area contributed by atoms with Crippen LogP contribution in [-0.4, -0.2) is 72.5 Å². The molecule has 2 saturated heterocycles. The number of halogens is 3. The van der Waals surface area contributed by atoms with Gasteiger partial charge in [-0.05, 0) is 18.2 Å². The molecule has 0 radical (unpaired) electrons. The number of fused-ring (bicyclic) bond motifs is 1. The lowest BCUT2D eigenvalue weighted by molar-refractivity contribution is 0.421. The first-order valence-electron chi connectivity index (χ1n) is 11.4. The number of anilines is 1. The van der Waals surface area contributed by atoms with Gasteiger partial charge in [-0.25, -0.2) is 22.0 Å². The standard InChI is InChI=1S/C23H22ClF2N5O3S2/c1-36(33,34)29-10-17-18(11-29)30(5-4-27-17)22-14-9-15(24)19(13-3-2-12(25)8-16(13)26)21-20(14)31(6-7-35-21)23(32)28-22/h2-3,8-9,17-18,27H,4-7,10-11H2,1H3/t17-,18+/m0/s1. The second-order valence-electron chi connectivity index (χ2n) is 9.20. The van der Waals surface area contributed by atoms with Crippen molar-refractivity contribution in [2.75, 3.05) is 43.1 Å². The van der Waals surface area contributed by atoms with Crippen LogP contribution in [0.25, 0.3) is 22.0 Å². The highest BCUT2D eigenvalue weighted by molar-refractivity contribution is 7.99. The zero-order valence-corrected chi connectivity index (χ0v) is 21.6. The quantitative estimate of drug-likeness (QED) is 0.533. The number of thioether (sulfide) groups is 1. The Kier molecular flexibility index (Phi) is 5.80. The van der Waals surface area contributed by atoms with E-state index in [0.717, 1.165) is 6.07 Å². The molecule has 3 aromatic rings. The third-order valence-electron chi connectivity index (χ3n) is 7.07. The lowest BCUT2D eigenvalue weighted by atomic mass is 10.0. The van der Waals surface area contributed by atoms with E-state index in [1.54, 1.807) is 10.6 Å². The van der Waals surface area contributed by atoms with Crippen molar-refractivity contribution in [3.63, 3.8) is 0 Å². The minimum Gasteiger partial charge on any atom is -0.349 e. The van der Waals surface area contributed by atoms with E-state index in [4.69, 9.17) is 11.6 Å². The smallest absolute Gasteiger partial charge is 0.349 e. The van der Waals surface area contributed by atoms with Gasteiger partial charge in [0.2, 0.25) is 10.0 Å². The molecule has 36 heavy (non-hydrogen) atoms. The summed E-state index contributed by atoms with van der Waals surface area (Å²) in [5.41, 5.74) is 0.753. The topological polar surface area (TPSA) is 87.5 Å². The molecule has 190 valence electrons. The van der Waals surface area contributed by atoms with Crippen LogP contribution in [0.15, 0.2) is 34.0 Å². The highest BCUT2D eigenvalue weighted by Gasteiger charge is 2.43. The molecular weight excluding hydrogens is 532 g/mol. The van der Waals surface area contributed by atoms with E-state index < -0.39 is 27.3 Å². The first kappa shape index (κ1) is 24.1. The van der Waals surface area contributed by atoms with Crippen molar-refractivity contribution < 1.29 is 17.2 Å². The number of sulfonamides is 1. The van der Waals surface area contributed by atoms with Gasteiger partial charge in [0, 0.05) is 72.0 Å². The first-order chi connectivity index (χ1) is 17.1. The van der Waals surface area contributed by atoms with Gasteiger partial charge < -0.3 is 10.2 Å². The van der Waals surface area contributed by atoms with Gasteiger partial charge in [0.05, 0.1) is 22.8 Å². The van der Waals surface area contributed by atoms with Gasteiger partial charge in [0.1, 0.15) is 17.5 Å². The van der Waals surface area contributed by atoms with Crippen molar-refractivity contribution in [3.8, 4) is 11.1 Å². The number of hydrogen-bond acceptors (Lipinski definition) is 7. The molecule has 0 aliphatic carbocycles. The molecule has 4 heterocycles. The molecule has 0 unspecified atom stereocenters. The van der Waals surface area contributed by atoms with Crippen LogP contribution in [0, 0.1) is 11.6 Å². The van der Waals surface area contributed by atoms with Gasteiger partial charge in [0.25, 0.3) is 0 Å². The molecule has 3 aliphatic rings. The predicted octanol–water partition coefficient (Wildman–Crippen LogP) is 2.52. The summed E-state index contributed by atoms with van der Waals surface area (Å²) < 4.78 is 55.9. The molecule has 1 aromatic heterocycles. The first-order valence-corrected chi connectivity index (χ1v) is 14.6. The van der Waals surface area contributed by atoms with Crippen LogP contribution in [0.4, 0.5) is 14.6 Å². The second kappa shape index (κ2) is 8.66. The molecule has 1 N–H and O–H groups in total. The molecule has 0 saturated carbocycles. The Labute approximate surface area is 215 Å². The van der Waals surface area contributed by atoms with Gasteiger partial charge >= 0.3 is 5.69 Å². The van der Waals surface area contributed by atoms with Crippen LogP contribution in [0.1, 0.15) is 0 Å². The van der Waals surface area contributed by atoms with Crippen molar-refractivity contribution in [2.24, 2.45) is 0 Å². The molecule has 13 heteroatoms. The van der Waals surface area contributed by atoms with Crippen molar-refractivity contribution in [3.05, 3.63) is 51.4 Å². The van der Waals surface area contributed by atoms with E-state index in [9.17, 15) is 22.0 Å². The summed E-state index contributed by atoms with van der Waals surface area (Å²) in [6, 6.07) is 4.70. The minimum absolute atomic E-state index is 0.113. The molecule has 0 bridgehead atoms. The molecule has 2 atom stereocenters. The number of rotatable bonds is 3. The lowest BCUT2D eigenvalue weighted by Crippen LogP contribution is -2.58. The summed E-state index contributed by atoms with van der Waals surface area (Å²) in [6.45, 7) is 2.17. The Bertz CT molecular complexity index is 1580. The number of nitrogens with zero attached hydrogens (tertiary/aromatic N) is 4. The molecule has 2 aromatic carbocycles. The summed E-state index contributed by atoms with van der Waals surface area (Å²) in [4.78, 5) is 20.3. The zero-order valence-electron chi connectivity index (χ0n) is 19.2. The maximum atomic E-state index is 14.8. The average Bonchev–Trinajstić information content (AvgIpc) is 3.27. The fourth-order valence-electron chi connectivity index (χ4n) is 5.45.